The molecule has 2 aromatic rings. The summed E-state index contributed by atoms with van der Waals surface area (Å²) in [4.78, 5) is 3.49. The number of H-pyrrole nitrogens is 1. The molecule has 1 saturated carbocycles. The molecule has 0 amide bonds. The summed E-state index contributed by atoms with van der Waals surface area (Å²) in [5.74, 6) is 0.742. The number of aromatic amines is 1. The molecule has 2 nitrogen and oxygen atoms in total. The van der Waals surface area contributed by atoms with Crippen LogP contribution in [0.4, 0.5) is 0 Å². The van der Waals surface area contributed by atoms with Gasteiger partial charge in [-0.1, -0.05) is 18.2 Å². The number of hydrogen-bond donors (Lipinski definition) is 2. The fourth-order valence-corrected chi connectivity index (χ4v) is 2.90. The predicted octanol–water partition coefficient (Wildman–Crippen LogP) is 3.26. The van der Waals surface area contributed by atoms with Crippen LogP contribution in [0.25, 0.3) is 10.9 Å². The van der Waals surface area contributed by atoms with Gasteiger partial charge in [-0.05, 0) is 55.5 Å². The van der Waals surface area contributed by atoms with Crippen LogP contribution in [0.5, 0.6) is 0 Å². The zero-order valence-electron chi connectivity index (χ0n) is 10.0. The van der Waals surface area contributed by atoms with Crippen LogP contribution in [0.3, 0.4) is 0 Å². The maximum Gasteiger partial charge on any atom is 0.0540 e. The van der Waals surface area contributed by atoms with E-state index in [-0.39, 0.29) is 6.10 Å². The summed E-state index contributed by atoms with van der Waals surface area (Å²) in [7, 11) is 0. The molecule has 1 aromatic carbocycles. The number of para-hydroxylation sites is 1. The minimum atomic E-state index is -0.0473. The fourth-order valence-electron chi connectivity index (χ4n) is 2.90. The molecule has 0 radical (unpaired) electrons. The highest BCUT2D eigenvalue weighted by Crippen LogP contribution is 2.28. The Morgan fingerprint density at radius 3 is 2.65 bits per heavy atom. The molecular weight excluding hydrogens is 210 g/mol. The van der Waals surface area contributed by atoms with Gasteiger partial charge in [0.1, 0.15) is 0 Å². The van der Waals surface area contributed by atoms with E-state index in [0.29, 0.717) is 0 Å². The summed E-state index contributed by atoms with van der Waals surface area (Å²) in [6.07, 6.45) is 5.36. The standard InChI is InChI=1S/C15H19NO/c17-14-7-5-11(6-8-14)9-13-10-12-3-1-2-4-15(12)16-13/h1-4,10-11,14,16-17H,5-9H2. The monoisotopic (exact) mass is 229 g/mol. The highest BCUT2D eigenvalue weighted by atomic mass is 16.3. The molecule has 2 N–H and O–H groups in total. The van der Waals surface area contributed by atoms with Crippen LogP contribution in [0.1, 0.15) is 31.4 Å². The summed E-state index contributed by atoms with van der Waals surface area (Å²) in [6, 6.07) is 10.7. The van der Waals surface area contributed by atoms with Crippen molar-refractivity contribution in [2.24, 2.45) is 5.92 Å². The molecule has 1 aliphatic carbocycles. The van der Waals surface area contributed by atoms with Gasteiger partial charge in [0.05, 0.1) is 6.10 Å². The van der Waals surface area contributed by atoms with E-state index in [2.05, 4.69) is 35.3 Å². The molecule has 2 heteroatoms. The van der Waals surface area contributed by atoms with E-state index in [1.807, 2.05) is 0 Å². The Balaban J connectivity index is 1.72. The third-order valence-electron chi connectivity index (χ3n) is 3.91. The molecular formula is C15H19NO. The highest BCUT2D eigenvalue weighted by Gasteiger charge is 2.19. The summed E-state index contributed by atoms with van der Waals surface area (Å²) in [5, 5.41) is 10.8. The first-order valence-corrected chi connectivity index (χ1v) is 6.56. The first-order chi connectivity index (χ1) is 8.31. The van der Waals surface area contributed by atoms with Gasteiger partial charge in [-0.3, -0.25) is 0 Å². The van der Waals surface area contributed by atoms with E-state index in [0.717, 1.165) is 38.0 Å². The molecule has 1 aliphatic rings. The van der Waals surface area contributed by atoms with Crippen molar-refractivity contribution < 1.29 is 5.11 Å². The Kier molecular flexibility index (Phi) is 2.89. The van der Waals surface area contributed by atoms with Gasteiger partial charge >= 0.3 is 0 Å². The zero-order valence-corrected chi connectivity index (χ0v) is 10.0. The highest BCUT2D eigenvalue weighted by molar-refractivity contribution is 5.80. The first kappa shape index (κ1) is 10.8. The molecule has 3 rings (SSSR count). The Morgan fingerprint density at radius 2 is 1.88 bits per heavy atom. The maximum atomic E-state index is 9.50. The Labute approximate surface area is 102 Å². The van der Waals surface area contributed by atoms with E-state index in [4.69, 9.17) is 0 Å². The van der Waals surface area contributed by atoms with E-state index in [1.54, 1.807) is 0 Å². The lowest BCUT2D eigenvalue weighted by atomic mass is 9.85. The molecule has 0 unspecified atom stereocenters. The SMILES string of the molecule is OC1CCC(Cc2cc3ccccc3[nH]2)CC1. The zero-order chi connectivity index (χ0) is 11.7. The van der Waals surface area contributed by atoms with Crippen molar-refractivity contribution in [1.29, 1.82) is 0 Å². The third kappa shape index (κ3) is 2.37. The van der Waals surface area contributed by atoms with Gasteiger partial charge in [-0.25, -0.2) is 0 Å². The lowest BCUT2D eigenvalue weighted by Crippen LogP contribution is -2.19. The van der Waals surface area contributed by atoms with Crippen molar-refractivity contribution in [1.82, 2.24) is 4.98 Å². The van der Waals surface area contributed by atoms with E-state index in [1.165, 1.54) is 16.6 Å². The van der Waals surface area contributed by atoms with Crippen molar-refractivity contribution in [2.75, 3.05) is 0 Å². The van der Waals surface area contributed by atoms with Crippen molar-refractivity contribution >= 4 is 10.9 Å². The van der Waals surface area contributed by atoms with Crippen LogP contribution >= 0.6 is 0 Å². The lowest BCUT2D eigenvalue weighted by molar-refractivity contribution is 0.108. The fraction of sp³-hybridized carbons (Fsp3) is 0.467. The van der Waals surface area contributed by atoms with Crippen molar-refractivity contribution in [2.45, 2.75) is 38.2 Å². The second kappa shape index (κ2) is 4.53. The van der Waals surface area contributed by atoms with Crippen molar-refractivity contribution in [3.8, 4) is 0 Å². The van der Waals surface area contributed by atoms with Gasteiger partial charge in [0, 0.05) is 11.2 Å². The molecule has 0 saturated heterocycles. The number of hydrogen-bond acceptors (Lipinski definition) is 1. The van der Waals surface area contributed by atoms with Crippen LogP contribution in [0, 0.1) is 5.92 Å². The Bertz CT molecular complexity index is 461. The molecule has 0 atom stereocenters. The summed E-state index contributed by atoms with van der Waals surface area (Å²) in [6.45, 7) is 0. The minimum Gasteiger partial charge on any atom is -0.393 e. The van der Waals surface area contributed by atoms with E-state index >= 15 is 0 Å². The topological polar surface area (TPSA) is 36.0 Å². The summed E-state index contributed by atoms with van der Waals surface area (Å²) in [5.41, 5.74) is 2.57. The van der Waals surface area contributed by atoms with Gasteiger partial charge in [-0.15, -0.1) is 0 Å². The number of rotatable bonds is 2. The average molecular weight is 229 g/mol. The quantitative estimate of drug-likeness (QED) is 0.814. The second-order valence-corrected chi connectivity index (χ2v) is 5.26. The number of aromatic nitrogens is 1. The number of aliphatic hydroxyl groups is 1. The number of aliphatic hydroxyl groups excluding tert-OH is 1. The average Bonchev–Trinajstić information content (AvgIpc) is 2.74. The van der Waals surface area contributed by atoms with Crippen LogP contribution in [0.15, 0.2) is 30.3 Å². The van der Waals surface area contributed by atoms with Gasteiger partial charge in [0.25, 0.3) is 0 Å². The molecule has 1 aromatic heterocycles. The Hall–Kier alpha value is -1.28. The van der Waals surface area contributed by atoms with Gasteiger partial charge in [-0.2, -0.15) is 0 Å². The van der Waals surface area contributed by atoms with Gasteiger partial charge < -0.3 is 10.1 Å². The number of nitrogens with one attached hydrogen (secondary N) is 1. The van der Waals surface area contributed by atoms with Crippen LogP contribution in [0.2, 0.25) is 0 Å². The molecule has 0 aliphatic heterocycles. The molecule has 0 spiro atoms. The van der Waals surface area contributed by atoms with Gasteiger partial charge in [0.15, 0.2) is 0 Å². The molecule has 17 heavy (non-hydrogen) atoms. The predicted molar refractivity (Wildman–Crippen MR) is 70.0 cm³/mol. The molecule has 1 fully saturated rings. The maximum absolute atomic E-state index is 9.50. The number of benzene rings is 1. The normalized spacial score (nSPS) is 25.2. The van der Waals surface area contributed by atoms with Gasteiger partial charge in [0.2, 0.25) is 0 Å². The summed E-state index contributed by atoms with van der Waals surface area (Å²) >= 11 is 0. The molecule has 0 bridgehead atoms. The Morgan fingerprint density at radius 1 is 1.12 bits per heavy atom. The molecule has 1 heterocycles. The van der Waals surface area contributed by atoms with Crippen LogP contribution in [-0.4, -0.2) is 16.2 Å². The van der Waals surface area contributed by atoms with Crippen molar-refractivity contribution in [3.63, 3.8) is 0 Å². The largest absolute Gasteiger partial charge is 0.393 e. The van der Waals surface area contributed by atoms with E-state index in [9.17, 15) is 5.11 Å². The second-order valence-electron chi connectivity index (χ2n) is 5.26. The molecule has 90 valence electrons. The van der Waals surface area contributed by atoms with Crippen LogP contribution < -0.4 is 0 Å². The number of fused-ring (bicyclic) bond motifs is 1. The van der Waals surface area contributed by atoms with E-state index < -0.39 is 0 Å². The lowest BCUT2D eigenvalue weighted by Gasteiger charge is -2.24. The van der Waals surface area contributed by atoms with Crippen LogP contribution in [-0.2, 0) is 6.42 Å². The van der Waals surface area contributed by atoms with Crippen molar-refractivity contribution in [3.05, 3.63) is 36.0 Å². The smallest absolute Gasteiger partial charge is 0.0540 e. The first-order valence-electron chi connectivity index (χ1n) is 6.56. The summed E-state index contributed by atoms with van der Waals surface area (Å²) < 4.78 is 0. The third-order valence-corrected chi connectivity index (χ3v) is 3.91. The minimum absolute atomic E-state index is 0.0473.